The number of non-ortho nitro benzene ring substituents is 1. The van der Waals surface area contributed by atoms with Crippen molar-refractivity contribution in [3.8, 4) is 17.6 Å². The molecule has 4 aromatic rings. The Bertz CT molecular complexity index is 1480. The predicted octanol–water partition coefficient (Wildman–Crippen LogP) is 6.02. The van der Waals surface area contributed by atoms with Crippen molar-refractivity contribution in [1.29, 1.82) is 5.26 Å². The van der Waals surface area contributed by atoms with Crippen LogP contribution in [0.15, 0.2) is 59.1 Å². The zero-order valence-electron chi connectivity index (χ0n) is 17.7. The summed E-state index contributed by atoms with van der Waals surface area (Å²) in [5.41, 5.74) is 2.51. The highest BCUT2D eigenvalue weighted by Gasteiger charge is 2.14. The summed E-state index contributed by atoms with van der Waals surface area (Å²) in [4.78, 5) is 17.8. The summed E-state index contributed by atoms with van der Waals surface area (Å²) >= 11 is 3.46. The summed E-state index contributed by atoms with van der Waals surface area (Å²) in [6.07, 6.45) is 1.62. The quantitative estimate of drug-likeness (QED) is 0.180. The van der Waals surface area contributed by atoms with Crippen molar-refractivity contribution in [1.82, 2.24) is 9.97 Å². The van der Waals surface area contributed by atoms with Crippen LogP contribution in [0.5, 0.6) is 11.5 Å². The van der Waals surface area contributed by atoms with E-state index in [1.807, 2.05) is 0 Å². The molecule has 0 saturated carbocycles. The van der Waals surface area contributed by atoms with Gasteiger partial charge in [-0.15, -0.1) is 0 Å². The van der Waals surface area contributed by atoms with Crippen LogP contribution in [0.2, 0.25) is 0 Å². The monoisotopic (exact) mass is 522 g/mol. The van der Waals surface area contributed by atoms with Gasteiger partial charge >= 0.3 is 0 Å². The van der Waals surface area contributed by atoms with E-state index in [-0.39, 0.29) is 17.9 Å². The van der Waals surface area contributed by atoms with Crippen LogP contribution in [0.3, 0.4) is 0 Å². The fourth-order valence-electron chi connectivity index (χ4n) is 3.31. The molecule has 170 valence electrons. The number of hydrogen-bond donors (Lipinski definition) is 1. The highest BCUT2D eigenvalue weighted by Crippen LogP contribution is 2.38. The molecule has 0 aliphatic heterocycles. The number of nitrogens with zero attached hydrogens (tertiary/aromatic N) is 3. The molecule has 0 atom stereocenters. The number of aromatic nitrogens is 2. The van der Waals surface area contributed by atoms with Gasteiger partial charge in [0.1, 0.15) is 24.3 Å². The van der Waals surface area contributed by atoms with Gasteiger partial charge in [-0.05, 0) is 63.5 Å². The summed E-state index contributed by atoms with van der Waals surface area (Å²) in [5.74, 6) is 0.711. The van der Waals surface area contributed by atoms with Gasteiger partial charge in [-0.3, -0.25) is 10.1 Å². The first-order valence-corrected chi connectivity index (χ1v) is 10.7. The van der Waals surface area contributed by atoms with Crippen molar-refractivity contribution in [2.75, 3.05) is 7.11 Å². The minimum Gasteiger partial charge on any atom is -0.493 e. The number of methoxy groups -OCH3 is 1. The standard InChI is InChI=1S/C24H16BrFN4O4/c1-33-22-10-15(7-16(12-27)24-28-20-6-5-17(26)11-21(20)29-24)9-19(25)23(22)34-13-14-3-2-4-18(8-14)30(31)32/h2-11H,13H2,1H3,(H,28,29)/b16-7-. The van der Waals surface area contributed by atoms with Crippen LogP contribution in [0.4, 0.5) is 10.1 Å². The minimum absolute atomic E-state index is 0.0232. The van der Waals surface area contributed by atoms with Gasteiger partial charge in [-0.1, -0.05) is 12.1 Å². The topological polar surface area (TPSA) is 114 Å². The second-order valence-corrected chi connectivity index (χ2v) is 8.02. The van der Waals surface area contributed by atoms with Gasteiger partial charge in [0, 0.05) is 12.1 Å². The largest absolute Gasteiger partial charge is 0.493 e. The first kappa shape index (κ1) is 22.9. The van der Waals surface area contributed by atoms with E-state index in [4.69, 9.17) is 9.47 Å². The highest BCUT2D eigenvalue weighted by atomic mass is 79.9. The van der Waals surface area contributed by atoms with E-state index in [1.54, 1.807) is 30.3 Å². The van der Waals surface area contributed by atoms with Gasteiger partial charge in [-0.25, -0.2) is 9.37 Å². The number of nitrogens with one attached hydrogen (secondary N) is 1. The fraction of sp³-hybridized carbons (Fsp3) is 0.0833. The van der Waals surface area contributed by atoms with Crippen LogP contribution in [-0.2, 0) is 6.61 Å². The molecule has 34 heavy (non-hydrogen) atoms. The number of H-pyrrole nitrogens is 1. The van der Waals surface area contributed by atoms with Gasteiger partial charge in [0.2, 0.25) is 0 Å². The molecule has 4 rings (SSSR count). The Balaban J connectivity index is 1.62. The van der Waals surface area contributed by atoms with Crippen molar-refractivity contribution in [3.63, 3.8) is 0 Å². The molecular weight excluding hydrogens is 507 g/mol. The van der Waals surface area contributed by atoms with Gasteiger partial charge in [0.15, 0.2) is 11.5 Å². The molecule has 0 bridgehead atoms. The molecule has 3 aromatic carbocycles. The number of aromatic amines is 1. The molecule has 0 amide bonds. The number of ether oxygens (including phenoxy) is 2. The third kappa shape index (κ3) is 4.89. The molecule has 0 spiro atoms. The van der Waals surface area contributed by atoms with E-state index < -0.39 is 10.7 Å². The van der Waals surface area contributed by atoms with E-state index >= 15 is 0 Å². The first-order chi connectivity index (χ1) is 16.4. The molecule has 1 aromatic heterocycles. The van der Waals surface area contributed by atoms with E-state index in [0.29, 0.717) is 44.0 Å². The number of nitro benzene ring substituents is 1. The number of nitriles is 1. The van der Waals surface area contributed by atoms with Crippen molar-refractivity contribution in [2.24, 2.45) is 0 Å². The van der Waals surface area contributed by atoms with E-state index in [0.717, 1.165) is 0 Å². The van der Waals surface area contributed by atoms with Gasteiger partial charge in [0.05, 0.1) is 33.1 Å². The minimum atomic E-state index is -0.466. The maximum atomic E-state index is 13.5. The number of imidazole rings is 1. The van der Waals surface area contributed by atoms with E-state index in [2.05, 4.69) is 32.0 Å². The Morgan fingerprint density at radius 1 is 1.29 bits per heavy atom. The molecule has 10 heteroatoms. The molecule has 1 heterocycles. The van der Waals surface area contributed by atoms with Gasteiger partial charge in [0.25, 0.3) is 5.69 Å². The summed E-state index contributed by atoms with van der Waals surface area (Å²) in [5, 5.41) is 20.7. The smallest absolute Gasteiger partial charge is 0.269 e. The second-order valence-electron chi connectivity index (χ2n) is 7.17. The van der Waals surface area contributed by atoms with Crippen molar-refractivity contribution in [3.05, 3.63) is 92.0 Å². The third-order valence-corrected chi connectivity index (χ3v) is 5.48. The van der Waals surface area contributed by atoms with Crippen LogP contribution < -0.4 is 9.47 Å². The summed E-state index contributed by atoms with van der Waals surface area (Å²) in [7, 11) is 1.48. The summed E-state index contributed by atoms with van der Waals surface area (Å²) < 4.78 is 25.4. The molecular formula is C24H16BrFN4O4. The number of nitro groups is 1. The lowest BCUT2D eigenvalue weighted by molar-refractivity contribution is -0.384. The lowest BCUT2D eigenvalue weighted by Crippen LogP contribution is -2.00. The Hall–Kier alpha value is -4.23. The van der Waals surface area contributed by atoms with Crippen LogP contribution in [-0.4, -0.2) is 22.0 Å². The Morgan fingerprint density at radius 2 is 2.12 bits per heavy atom. The van der Waals surface area contributed by atoms with Crippen molar-refractivity contribution < 1.29 is 18.8 Å². The molecule has 8 nitrogen and oxygen atoms in total. The Morgan fingerprint density at radius 3 is 2.85 bits per heavy atom. The molecule has 0 aliphatic carbocycles. The average Bonchev–Trinajstić information content (AvgIpc) is 3.24. The lowest BCUT2D eigenvalue weighted by atomic mass is 10.1. The van der Waals surface area contributed by atoms with E-state index in [1.165, 1.54) is 37.4 Å². The number of fused-ring (bicyclic) bond motifs is 1. The van der Waals surface area contributed by atoms with E-state index in [9.17, 15) is 19.8 Å². The predicted molar refractivity (Wildman–Crippen MR) is 128 cm³/mol. The van der Waals surface area contributed by atoms with Crippen molar-refractivity contribution >= 4 is 44.3 Å². The van der Waals surface area contributed by atoms with Gasteiger partial charge < -0.3 is 14.5 Å². The van der Waals surface area contributed by atoms with Crippen LogP contribution in [0.1, 0.15) is 17.0 Å². The van der Waals surface area contributed by atoms with Crippen LogP contribution in [0, 0.1) is 27.3 Å². The Kier molecular flexibility index (Phi) is 6.56. The number of hydrogen-bond acceptors (Lipinski definition) is 6. The second kappa shape index (κ2) is 9.72. The number of halogens is 2. The zero-order chi connectivity index (χ0) is 24.2. The maximum Gasteiger partial charge on any atom is 0.269 e. The number of benzene rings is 3. The molecule has 0 unspecified atom stereocenters. The molecule has 1 N–H and O–H groups in total. The lowest BCUT2D eigenvalue weighted by Gasteiger charge is -2.14. The molecule has 0 radical (unpaired) electrons. The highest BCUT2D eigenvalue weighted by molar-refractivity contribution is 9.10. The fourth-order valence-corrected chi connectivity index (χ4v) is 3.88. The molecule has 0 saturated heterocycles. The van der Waals surface area contributed by atoms with Crippen molar-refractivity contribution in [2.45, 2.75) is 6.61 Å². The normalized spacial score (nSPS) is 11.3. The number of rotatable bonds is 7. The molecule has 0 fully saturated rings. The zero-order valence-corrected chi connectivity index (χ0v) is 19.3. The SMILES string of the molecule is COc1cc(/C=C(/C#N)c2nc3ccc(F)cc3[nH]2)cc(Br)c1OCc1cccc([N+](=O)[O-])c1. The summed E-state index contributed by atoms with van der Waals surface area (Å²) in [6.45, 7) is 0.0881. The average molecular weight is 523 g/mol. The van der Waals surface area contributed by atoms with Gasteiger partial charge in [-0.2, -0.15) is 5.26 Å². The number of allylic oxidation sites excluding steroid dienone is 1. The first-order valence-electron chi connectivity index (χ1n) is 9.89. The Labute approximate surface area is 201 Å². The summed E-state index contributed by atoms with van der Waals surface area (Å²) in [6, 6.07) is 15.9. The van der Waals surface area contributed by atoms with Crippen LogP contribution in [0.25, 0.3) is 22.7 Å². The maximum absolute atomic E-state index is 13.5. The molecule has 0 aliphatic rings. The third-order valence-electron chi connectivity index (χ3n) is 4.89. The van der Waals surface area contributed by atoms with Crippen LogP contribution >= 0.6 is 15.9 Å².